The van der Waals surface area contributed by atoms with Crippen LogP contribution in [0.3, 0.4) is 0 Å². The lowest BCUT2D eigenvalue weighted by Gasteiger charge is -2.40. The molecule has 0 aliphatic heterocycles. The first kappa shape index (κ1) is 13.4. The van der Waals surface area contributed by atoms with Crippen molar-refractivity contribution in [1.29, 1.82) is 0 Å². The van der Waals surface area contributed by atoms with Gasteiger partial charge in [0, 0.05) is 25.6 Å². The Morgan fingerprint density at radius 3 is 2.75 bits per heavy atom. The van der Waals surface area contributed by atoms with E-state index in [1.165, 1.54) is 12.0 Å². The molecule has 1 N–H and O–H groups in total. The minimum absolute atomic E-state index is 0.222. The van der Waals surface area contributed by atoms with E-state index < -0.39 is 5.60 Å². The van der Waals surface area contributed by atoms with Gasteiger partial charge in [0.05, 0.1) is 11.3 Å². The van der Waals surface area contributed by atoms with Gasteiger partial charge in [-0.05, 0) is 24.5 Å². The maximum Gasteiger partial charge on any atom is 0.0771 e. The number of aromatic nitrogens is 2. The Morgan fingerprint density at radius 2 is 2.05 bits per heavy atom. The largest absolute Gasteiger partial charge is 0.389 e. The summed E-state index contributed by atoms with van der Waals surface area (Å²) < 4.78 is 1.80. The standard InChI is InChI=1S/C17H22N2O/c1-19-12-10-15(18-19)13-17(20)11-6-5-9-16(17)14-7-3-2-4-8-14/h2-4,7-8,10,12,16,20H,5-6,9,11,13H2,1H3. The third-order valence-electron chi connectivity index (χ3n) is 4.46. The fourth-order valence-electron chi connectivity index (χ4n) is 3.47. The van der Waals surface area contributed by atoms with E-state index in [2.05, 4.69) is 29.4 Å². The number of aliphatic hydroxyl groups is 1. The summed E-state index contributed by atoms with van der Waals surface area (Å²) in [5, 5.41) is 15.6. The Kier molecular flexibility index (Phi) is 3.62. The number of hydrogen-bond acceptors (Lipinski definition) is 2. The van der Waals surface area contributed by atoms with Gasteiger partial charge in [0.15, 0.2) is 0 Å². The van der Waals surface area contributed by atoms with E-state index in [9.17, 15) is 5.11 Å². The number of aryl methyl sites for hydroxylation is 1. The van der Waals surface area contributed by atoms with Gasteiger partial charge in [0.1, 0.15) is 0 Å². The van der Waals surface area contributed by atoms with Crippen LogP contribution < -0.4 is 0 Å². The lowest BCUT2D eigenvalue weighted by Crippen LogP contribution is -2.41. The zero-order valence-corrected chi connectivity index (χ0v) is 12.0. The summed E-state index contributed by atoms with van der Waals surface area (Å²) >= 11 is 0. The number of rotatable bonds is 3. The second-order valence-corrected chi connectivity index (χ2v) is 5.97. The van der Waals surface area contributed by atoms with Crippen molar-refractivity contribution in [3.8, 4) is 0 Å². The highest BCUT2D eigenvalue weighted by Gasteiger charge is 2.40. The fourth-order valence-corrected chi connectivity index (χ4v) is 3.47. The molecule has 1 heterocycles. The molecule has 2 atom stereocenters. The van der Waals surface area contributed by atoms with Gasteiger partial charge < -0.3 is 5.11 Å². The topological polar surface area (TPSA) is 38.0 Å². The van der Waals surface area contributed by atoms with Gasteiger partial charge in [-0.15, -0.1) is 0 Å². The Bertz CT molecular complexity index is 563. The molecule has 2 unspecified atom stereocenters. The smallest absolute Gasteiger partial charge is 0.0771 e. The fraction of sp³-hybridized carbons (Fsp3) is 0.471. The van der Waals surface area contributed by atoms with Gasteiger partial charge in [-0.1, -0.05) is 43.2 Å². The van der Waals surface area contributed by atoms with E-state index in [0.717, 1.165) is 25.0 Å². The summed E-state index contributed by atoms with van der Waals surface area (Å²) in [4.78, 5) is 0. The van der Waals surface area contributed by atoms with Gasteiger partial charge in [0.2, 0.25) is 0 Å². The Labute approximate surface area is 120 Å². The maximum atomic E-state index is 11.2. The van der Waals surface area contributed by atoms with Gasteiger partial charge in [-0.2, -0.15) is 5.10 Å². The molecule has 1 aromatic carbocycles. The Hall–Kier alpha value is -1.61. The van der Waals surface area contributed by atoms with Gasteiger partial charge in [-0.3, -0.25) is 4.68 Å². The van der Waals surface area contributed by atoms with Gasteiger partial charge in [0.25, 0.3) is 0 Å². The summed E-state index contributed by atoms with van der Waals surface area (Å²) in [6, 6.07) is 12.4. The van der Waals surface area contributed by atoms with Crippen molar-refractivity contribution in [3.05, 3.63) is 53.9 Å². The first-order chi connectivity index (χ1) is 9.67. The van der Waals surface area contributed by atoms with Crippen molar-refractivity contribution in [3.63, 3.8) is 0 Å². The van der Waals surface area contributed by atoms with Crippen LogP contribution in [0.2, 0.25) is 0 Å². The molecule has 1 aromatic heterocycles. The first-order valence-corrected chi connectivity index (χ1v) is 7.43. The van der Waals surface area contributed by atoms with Crippen molar-refractivity contribution in [2.75, 3.05) is 0 Å². The molecular formula is C17H22N2O. The second-order valence-electron chi connectivity index (χ2n) is 5.97. The lowest BCUT2D eigenvalue weighted by atomic mass is 9.70. The molecule has 1 fully saturated rings. The van der Waals surface area contributed by atoms with Crippen LogP contribution in [-0.4, -0.2) is 20.5 Å². The van der Waals surface area contributed by atoms with Crippen LogP contribution in [0.25, 0.3) is 0 Å². The van der Waals surface area contributed by atoms with Crippen molar-refractivity contribution in [1.82, 2.24) is 9.78 Å². The van der Waals surface area contributed by atoms with Gasteiger partial charge in [-0.25, -0.2) is 0 Å². The molecular weight excluding hydrogens is 248 g/mol. The predicted octanol–water partition coefficient (Wildman–Crippen LogP) is 3.05. The second kappa shape index (κ2) is 5.41. The minimum atomic E-state index is -0.659. The zero-order valence-electron chi connectivity index (χ0n) is 12.0. The maximum absolute atomic E-state index is 11.2. The third-order valence-corrected chi connectivity index (χ3v) is 4.46. The highest BCUT2D eigenvalue weighted by Crippen LogP contribution is 2.42. The number of hydrogen-bond donors (Lipinski definition) is 1. The zero-order chi connectivity index (χ0) is 14.0. The van der Waals surface area contributed by atoms with E-state index in [4.69, 9.17) is 0 Å². The van der Waals surface area contributed by atoms with Crippen LogP contribution in [-0.2, 0) is 13.5 Å². The Morgan fingerprint density at radius 1 is 1.25 bits per heavy atom. The summed E-state index contributed by atoms with van der Waals surface area (Å²) in [6.07, 6.45) is 6.82. The van der Waals surface area contributed by atoms with E-state index in [-0.39, 0.29) is 5.92 Å². The number of benzene rings is 1. The molecule has 0 spiro atoms. The van der Waals surface area contributed by atoms with E-state index >= 15 is 0 Å². The minimum Gasteiger partial charge on any atom is -0.389 e. The third kappa shape index (κ3) is 2.63. The van der Waals surface area contributed by atoms with Crippen LogP contribution in [0.1, 0.15) is 42.9 Å². The Balaban J connectivity index is 1.87. The van der Waals surface area contributed by atoms with Crippen molar-refractivity contribution in [2.45, 2.75) is 43.6 Å². The van der Waals surface area contributed by atoms with Crippen LogP contribution in [0.15, 0.2) is 42.6 Å². The lowest BCUT2D eigenvalue weighted by molar-refractivity contribution is -0.0175. The van der Waals surface area contributed by atoms with Crippen molar-refractivity contribution in [2.24, 2.45) is 7.05 Å². The quantitative estimate of drug-likeness (QED) is 0.931. The summed E-state index contributed by atoms with van der Waals surface area (Å²) in [5.74, 6) is 0.222. The predicted molar refractivity (Wildman–Crippen MR) is 79.5 cm³/mol. The highest BCUT2D eigenvalue weighted by molar-refractivity contribution is 5.25. The molecule has 0 radical (unpaired) electrons. The van der Waals surface area contributed by atoms with Crippen LogP contribution >= 0.6 is 0 Å². The molecule has 3 nitrogen and oxygen atoms in total. The van der Waals surface area contributed by atoms with Crippen molar-refractivity contribution >= 4 is 0 Å². The summed E-state index contributed by atoms with van der Waals surface area (Å²) in [6.45, 7) is 0. The van der Waals surface area contributed by atoms with Crippen LogP contribution in [0.5, 0.6) is 0 Å². The molecule has 3 heteroatoms. The van der Waals surface area contributed by atoms with Crippen LogP contribution in [0.4, 0.5) is 0 Å². The molecule has 106 valence electrons. The highest BCUT2D eigenvalue weighted by atomic mass is 16.3. The molecule has 3 rings (SSSR count). The van der Waals surface area contributed by atoms with E-state index in [1.807, 2.05) is 25.4 Å². The molecule has 2 aromatic rings. The van der Waals surface area contributed by atoms with Crippen molar-refractivity contribution < 1.29 is 5.11 Å². The number of nitrogens with zero attached hydrogens (tertiary/aromatic N) is 2. The summed E-state index contributed by atoms with van der Waals surface area (Å²) in [5.41, 5.74) is 1.58. The molecule has 1 aliphatic rings. The average Bonchev–Trinajstić information content (AvgIpc) is 2.85. The average molecular weight is 270 g/mol. The van der Waals surface area contributed by atoms with E-state index in [0.29, 0.717) is 6.42 Å². The van der Waals surface area contributed by atoms with E-state index in [1.54, 1.807) is 4.68 Å². The van der Waals surface area contributed by atoms with Gasteiger partial charge >= 0.3 is 0 Å². The normalized spacial score (nSPS) is 26.6. The SMILES string of the molecule is Cn1ccc(CC2(O)CCCCC2c2ccccc2)n1. The summed E-state index contributed by atoms with van der Waals surface area (Å²) in [7, 11) is 1.92. The molecule has 0 amide bonds. The van der Waals surface area contributed by atoms with Crippen LogP contribution in [0, 0.1) is 0 Å². The molecule has 0 bridgehead atoms. The molecule has 1 saturated carbocycles. The molecule has 0 saturated heterocycles. The first-order valence-electron chi connectivity index (χ1n) is 7.43. The molecule has 1 aliphatic carbocycles. The molecule has 20 heavy (non-hydrogen) atoms. The monoisotopic (exact) mass is 270 g/mol.